The molecule has 1 N–H and O–H groups in total. The van der Waals surface area contributed by atoms with Crippen molar-refractivity contribution in [1.82, 2.24) is 4.90 Å². The van der Waals surface area contributed by atoms with E-state index in [1.807, 2.05) is 24.0 Å². The number of esters is 1. The topological polar surface area (TPSA) is 66.8 Å². The molecule has 1 fully saturated rings. The van der Waals surface area contributed by atoms with Crippen LogP contribution in [0.15, 0.2) is 24.3 Å². The van der Waals surface area contributed by atoms with Gasteiger partial charge in [-0.2, -0.15) is 0 Å². The smallest absolute Gasteiger partial charge is 0.337 e. The molecule has 1 aromatic rings. The average Bonchev–Trinajstić information content (AvgIpc) is 2.79. The van der Waals surface area contributed by atoms with E-state index in [-0.39, 0.29) is 11.9 Å². The molecule has 0 aliphatic carbocycles. The van der Waals surface area contributed by atoms with Crippen molar-refractivity contribution in [3.05, 3.63) is 35.4 Å². The first-order valence-electron chi connectivity index (χ1n) is 6.67. The maximum atomic E-state index is 11.3. The fraction of sp³-hybridized carbons (Fsp3) is 0.467. The van der Waals surface area contributed by atoms with Gasteiger partial charge < -0.3 is 9.84 Å². The summed E-state index contributed by atoms with van der Waals surface area (Å²) in [4.78, 5) is 24.6. The molecule has 0 radical (unpaired) electrons. The van der Waals surface area contributed by atoms with Crippen LogP contribution in [-0.4, -0.2) is 41.6 Å². The average molecular weight is 277 g/mol. The Morgan fingerprint density at radius 2 is 2.00 bits per heavy atom. The molecule has 0 amide bonds. The zero-order valence-corrected chi connectivity index (χ0v) is 11.7. The van der Waals surface area contributed by atoms with E-state index in [1.54, 1.807) is 12.1 Å². The maximum absolute atomic E-state index is 11.3. The number of aliphatic carboxylic acids is 1. The van der Waals surface area contributed by atoms with Crippen LogP contribution in [-0.2, 0) is 16.1 Å². The van der Waals surface area contributed by atoms with E-state index >= 15 is 0 Å². The Bertz CT molecular complexity index is 497. The third-order valence-corrected chi connectivity index (χ3v) is 3.82. The van der Waals surface area contributed by atoms with Crippen LogP contribution in [0.4, 0.5) is 0 Å². The van der Waals surface area contributed by atoms with Gasteiger partial charge in [0.1, 0.15) is 6.04 Å². The largest absolute Gasteiger partial charge is 0.480 e. The van der Waals surface area contributed by atoms with Crippen molar-refractivity contribution < 1.29 is 19.4 Å². The normalized spacial score (nSPS) is 22.7. The molecule has 1 heterocycles. The summed E-state index contributed by atoms with van der Waals surface area (Å²) in [7, 11) is 1.35. The summed E-state index contributed by atoms with van der Waals surface area (Å²) in [6.45, 7) is 3.35. The summed E-state index contributed by atoms with van der Waals surface area (Å²) >= 11 is 0. The third kappa shape index (κ3) is 2.99. The zero-order valence-electron chi connectivity index (χ0n) is 11.7. The Labute approximate surface area is 118 Å². The molecule has 5 heteroatoms. The highest BCUT2D eigenvalue weighted by Gasteiger charge is 2.36. The lowest BCUT2D eigenvalue weighted by atomic mass is 10.0. The van der Waals surface area contributed by atoms with Crippen LogP contribution in [0.25, 0.3) is 0 Å². The minimum absolute atomic E-state index is 0.168. The van der Waals surface area contributed by atoms with Crippen LogP contribution >= 0.6 is 0 Å². The van der Waals surface area contributed by atoms with E-state index in [0.29, 0.717) is 12.1 Å². The molecular formula is C15H19NO4. The van der Waals surface area contributed by atoms with Gasteiger partial charge in [-0.05, 0) is 36.6 Å². The van der Waals surface area contributed by atoms with Crippen molar-refractivity contribution in [2.24, 2.45) is 5.92 Å². The first-order chi connectivity index (χ1) is 9.52. The number of likely N-dealkylation sites (tertiary alicyclic amines) is 1. The molecule has 0 saturated carbocycles. The fourth-order valence-corrected chi connectivity index (χ4v) is 2.70. The zero-order chi connectivity index (χ0) is 14.7. The molecule has 1 saturated heterocycles. The summed E-state index contributed by atoms with van der Waals surface area (Å²) in [5.74, 6) is -0.960. The van der Waals surface area contributed by atoms with Gasteiger partial charge in [-0.15, -0.1) is 0 Å². The third-order valence-electron chi connectivity index (χ3n) is 3.82. The number of nitrogens with zero attached hydrogens (tertiary/aromatic N) is 1. The number of ether oxygens (including phenoxy) is 1. The van der Waals surface area contributed by atoms with Crippen molar-refractivity contribution in [1.29, 1.82) is 0 Å². The maximum Gasteiger partial charge on any atom is 0.337 e. The van der Waals surface area contributed by atoms with Gasteiger partial charge in [0, 0.05) is 6.54 Å². The van der Waals surface area contributed by atoms with Crippen LogP contribution < -0.4 is 0 Å². The number of hydrogen-bond donors (Lipinski definition) is 1. The number of methoxy groups -OCH3 is 1. The van der Waals surface area contributed by atoms with E-state index < -0.39 is 12.0 Å². The first kappa shape index (κ1) is 14.5. The van der Waals surface area contributed by atoms with Gasteiger partial charge in [-0.1, -0.05) is 19.1 Å². The molecule has 5 nitrogen and oxygen atoms in total. The van der Waals surface area contributed by atoms with Gasteiger partial charge in [-0.25, -0.2) is 4.79 Å². The van der Waals surface area contributed by atoms with E-state index in [4.69, 9.17) is 0 Å². The van der Waals surface area contributed by atoms with Crippen molar-refractivity contribution in [2.45, 2.75) is 25.9 Å². The van der Waals surface area contributed by atoms with Crippen LogP contribution in [0.5, 0.6) is 0 Å². The first-order valence-corrected chi connectivity index (χ1v) is 6.67. The van der Waals surface area contributed by atoms with Gasteiger partial charge in [0.2, 0.25) is 0 Å². The van der Waals surface area contributed by atoms with Crippen molar-refractivity contribution >= 4 is 11.9 Å². The molecule has 0 spiro atoms. The Kier molecular flexibility index (Phi) is 4.39. The number of carboxylic acid groups (broad SMARTS) is 1. The molecule has 2 atom stereocenters. The van der Waals surface area contributed by atoms with Gasteiger partial charge in [0.05, 0.1) is 12.7 Å². The molecular weight excluding hydrogens is 258 g/mol. The van der Waals surface area contributed by atoms with Crippen LogP contribution in [0.3, 0.4) is 0 Å². The summed E-state index contributed by atoms with van der Waals surface area (Å²) in [6.07, 6.45) is 0.900. The number of benzene rings is 1. The predicted molar refractivity (Wildman–Crippen MR) is 73.4 cm³/mol. The van der Waals surface area contributed by atoms with Crippen molar-refractivity contribution in [2.75, 3.05) is 13.7 Å². The standard InChI is InChI=1S/C15H19NO4/c1-10-7-8-16(13(10)14(17)18)9-11-3-5-12(6-4-11)15(19)20-2/h3-6,10,13H,7-9H2,1-2H3,(H,17,18). The molecule has 1 aliphatic rings. The second-order valence-electron chi connectivity index (χ2n) is 5.21. The highest BCUT2D eigenvalue weighted by molar-refractivity contribution is 5.89. The van der Waals surface area contributed by atoms with Crippen molar-refractivity contribution in [3.63, 3.8) is 0 Å². The Hall–Kier alpha value is -1.88. The molecule has 2 rings (SSSR count). The fourth-order valence-electron chi connectivity index (χ4n) is 2.70. The SMILES string of the molecule is COC(=O)c1ccc(CN2CCC(C)C2C(=O)O)cc1. The van der Waals surface area contributed by atoms with E-state index in [0.717, 1.165) is 18.5 Å². The van der Waals surface area contributed by atoms with E-state index in [2.05, 4.69) is 4.74 Å². The molecule has 20 heavy (non-hydrogen) atoms. The minimum Gasteiger partial charge on any atom is -0.480 e. The molecule has 2 unspecified atom stereocenters. The van der Waals surface area contributed by atoms with Crippen LogP contribution in [0.2, 0.25) is 0 Å². The second kappa shape index (κ2) is 6.05. The van der Waals surface area contributed by atoms with Gasteiger partial charge >= 0.3 is 11.9 Å². The molecule has 1 aliphatic heterocycles. The van der Waals surface area contributed by atoms with Gasteiger partial charge in [-0.3, -0.25) is 9.69 Å². The van der Waals surface area contributed by atoms with Crippen molar-refractivity contribution in [3.8, 4) is 0 Å². The number of hydrogen-bond acceptors (Lipinski definition) is 4. The highest BCUT2D eigenvalue weighted by Crippen LogP contribution is 2.25. The summed E-state index contributed by atoms with van der Waals surface area (Å²) in [6, 6.07) is 6.67. The molecule has 108 valence electrons. The summed E-state index contributed by atoms with van der Waals surface area (Å²) in [5.41, 5.74) is 1.50. The quantitative estimate of drug-likeness (QED) is 0.850. The highest BCUT2D eigenvalue weighted by atomic mass is 16.5. The van der Waals surface area contributed by atoms with E-state index in [1.165, 1.54) is 7.11 Å². The van der Waals surface area contributed by atoms with Crippen LogP contribution in [0, 0.1) is 5.92 Å². The summed E-state index contributed by atoms with van der Waals surface area (Å²) in [5, 5.41) is 9.28. The Balaban J connectivity index is 2.06. The molecule has 0 aromatic heterocycles. The molecule has 0 bridgehead atoms. The van der Waals surface area contributed by atoms with E-state index in [9.17, 15) is 14.7 Å². The lowest BCUT2D eigenvalue weighted by molar-refractivity contribution is -0.143. The summed E-state index contributed by atoms with van der Waals surface area (Å²) < 4.78 is 4.65. The Morgan fingerprint density at radius 1 is 1.35 bits per heavy atom. The monoisotopic (exact) mass is 277 g/mol. The number of carboxylic acids is 1. The predicted octanol–water partition coefficient (Wildman–Crippen LogP) is 1.77. The number of carbonyl (C=O) groups excluding carboxylic acids is 1. The second-order valence-corrected chi connectivity index (χ2v) is 5.21. The lowest BCUT2D eigenvalue weighted by Gasteiger charge is -2.23. The van der Waals surface area contributed by atoms with Gasteiger partial charge in [0.25, 0.3) is 0 Å². The Morgan fingerprint density at radius 3 is 2.55 bits per heavy atom. The number of carbonyl (C=O) groups is 2. The lowest BCUT2D eigenvalue weighted by Crippen LogP contribution is -2.38. The minimum atomic E-state index is -0.763. The molecule has 1 aromatic carbocycles. The number of rotatable bonds is 4. The van der Waals surface area contributed by atoms with Gasteiger partial charge in [0.15, 0.2) is 0 Å². The van der Waals surface area contributed by atoms with Crippen LogP contribution in [0.1, 0.15) is 29.3 Å².